The molecule has 1 heterocycles. The van der Waals surface area contributed by atoms with Crippen molar-refractivity contribution in [2.24, 2.45) is 4.99 Å². The molecule has 5 nitrogen and oxygen atoms in total. The molecule has 0 aromatic heterocycles. The number of rotatable bonds is 8. The van der Waals surface area contributed by atoms with Crippen molar-refractivity contribution in [2.75, 3.05) is 30.7 Å². The van der Waals surface area contributed by atoms with Crippen LogP contribution in [0.5, 0.6) is 0 Å². The lowest BCUT2D eigenvalue weighted by molar-refractivity contribution is -0.116. The number of carbonyl (C=O) groups is 1. The maximum Gasteiger partial charge on any atom is 0.225 e. The molecule has 7 heteroatoms. The van der Waals surface area contributed by atoms with Gasteiger partial charge in [-0.1, -0.05) is 18.2 Å². The maximum atomic E-state index is 12.9. The smallest absolute Gasteiger partial charge is 0.225 e. The van der Waals surface area contributed by atoms with Gasteiger partial charge in [0.1, 0.15) is 5.82 Å². The molecule has 0 fully saturated rings. The number of thioether (sulfide) groups is 1. The molecule has 2 aromatic rings. The summed E-state index contributed by atoms with van der Waals surface area (Å²) >= 11 is 1.71. The molecule has 1 aliphatic rings. The van der Waals surface area contributed by atoms with Crippen LogP contribution in [0.15, 0.2) is 58.4 Å². The van der Waals surface area contributed by atoms with Crippen molar-refractivity contribution in [3.05, 3.63) is 59.9 Å². The molecular formula is C22H27FN4OS. The predicted octanol–water partition coefficient (Wildman–Crippen LogP) is 3.99. The summed E-state index contributed by atoms with van der Waals surface area (Å²) in [6.07, 6.45) is 1.41. The molecule has 1 unspecified atom stereocenters. The first kappa shape index (κ1) is 21.2. The molecule has 2 aromatic carbocycles. The van der Waals surface area contributed by atoms with Crippen LogP contribution >= 0.6 is 11.8 Å². The summed E-state index contributed by atoms with van der Waals surface area (Å²) in [7, 11) is 0. The van der Waals surface area contributed by atoms with Crippen LogP contribution in [0, 0.1) is 5.82 Å². The highest BCUT2D eigenvalue weighted by Crippen LogP contribution is 2.31. The molecule has 0 saturated carbocycles. The minimum absolute atomic E-state index is 0.0414. The second kappa shape index (κ2) is 10.9. The van der Waals surface area contributed by atoms with Crippen molar-refractivity contribution < 1.29 is 9.18 Å². The average Bonchev–Trinajstić information content (AvgIpc) is 2.72. The van der Waals surface area contributed by atoms with Gasteiger partial charge in [-0.05, 0) is 55.0 Å². The van der Waals surface area contributed by atoms with Crippen LogP contribution in [0.4, 0.5) is 10.1 Å². The number of benzene rings is 2. The Hall–Kier alpha value is -2.54. The van der Waals surface area contributed by atoms with Crippen LogP contribution < -0.4 is 16.0 Å². The fourth-order valence-corrected chi connectivity index (χ4v) is 4.06. The lowest BCUT2D eigenvalue weighted by Gasteiger charge is -2.24. The predicted molar refractivity (Wildman–Crippen MR) is 118 cm³/mol. The van der Waals surface area contributed by atoms with Gasteiger partial charge in [0.25, 0.3) is 0 Å². The molecule has 0 bridgehead atoms. The lowest BCUT2D eigenvalue weighted by Crippen LogP contribution is -2.38. The summed E-state index contributed by atoms with van der Waals surface area (Å²) in [5, 5.41) is 9.54. The molecule has 1 amide bonds. The normalized spacial score (nSPS) is 16.1. The Labute approximate surface area is 175 Å². The molecule has 0 saturated heterocycles. The fourth-order valence-electron chi connectivity index (χ4n) is 3.21. The van der Waals surface area contributed by atoms with Crippen molar-refractivity contribution in [3.8, 4) is 0 Å². The van der Waals surface area contributed by atoms with E-state index in [0.29, 0.717) is 13.0 Å². The van der Waals surface area contributed by atoms with Gasteiger partial charge in [0.2, 0.25) is 5.91 Å². The van der Waals surface area contributed by atoms with Crippen molar-refractivity contribution in [1.29, 1.82) is 0 Å². The van der Waals surface area contributed by atoms with E-state index in [0.717, 1.165) is 47.4 Å². The van der Waals surface area contributed by atoms with E-state index in [1.807, 2.05) is 25.1 Å². The molecule has 1 atom stereocenters. The zero-order chi connectivity index (χ0) is 20.5. The lowest BCUT2D eigenvalue weighted by atomic mass is 9.91. The van der Waals surface area contributed by atoms with E-state index in [9.17, 15) is 9.18 Å². The number of para-hydroxylation sites is 1. The van der Waals surface area contributed by atoms with Gasteiger partial charge >= 0.3 is 0 Å². The van der Waals surface area contributed by atoms with Crippen molar-refractivity contribution >= 4 is 29.3 Å². The molecule has 1 aliphatic heterocycles. The molecule has 29 heavy (non-hydrogen) atoms. The van der Waals surface area contributed by atoms with Crippen LogP contribution in [0.1, 0.15) is 31.2 Å². The highest BCUT2D eigenvalue weighted by atomic mass is 32.2. The number of aliphatic imine (C=N–C) groups is 1. The van der Waals surface area contributed by atoms with Gasteiger partial charge in [-0.3, -0.25) is 9.79 Å². The third-order valence-electron chi connectivity index (χ3n) is 4.62. The quantitative estimate of drug-likeness (QED) is 0.265. The maximum absolute atomic E-state index is 12.9. The second-order valence-corrected chi connectivity index (χ2v) is 8.01. The number of guanidine groups is 1. The largest absolute Gasteiger partial charge is 0.357 e. The van der Waals surface area contributed by atoms with E-state index in [-0.39, 0.29) is 17.6 Å². The molecule has 3 N–H and O–H groups in total. The first-order valence-electron chi connectivity index (χ1n) is 9.95. The van der Waals surface area contributed by atoms with Crippen LogP contribution in [-0.4, -0.2) is 37.3 Å². The zero-order valence-electron chi connectivity index (χ0n) is 16.6. The summed E-state index contributed by atoms with van der Waals surface area (Å²) in [4.78, 5) is 17.7. The van der Waals surface area contributed by atoms with Gasteiger partial charge in [-0.2, -0.15) is 0 Å². The molecular weight excluding hydrogens is 387 g/mol. The first-order valence-corrected chi connectivity index (χ1v) is 10.9. The average molecular weight is 415 g/mol. The molecule has 0 radical (unpaired) electrons. The van der Waals surface area contributed by atoms with Gasteiger partial charge in [-0.15, -0.1) is 11.8 Å². The van der Waals surface area contributed by atoms with Crippen molar-refractivity contribution in [3.63, 3.8) is 0 Å². The highest BCUT2D eigenvalue weighted by Gasteiger charge is 2.24. The number of hydrogen-bond donors (Lipinski definition) is 3. The number of nitrogens with zero attached hydrogens (tertiary/aromatic N) is 1. The highest BCUT2D eigenvalue weighted by molar-refractivity contribution is 7.99. The number of anilines is 1. The Bertz CT molecular complexity index is 841. The van der Waals surface area contributed by atoms with E-state index in [1.165, 1.54) is 12.1 Å². The number of fused-ring (bicyclic) bond motifs is 1. The Morgan fingerprint density at radius 3 is 2.79 bits per heavy atom. The summed E-state index contributed by atoms with van der Waals surface area (Å²) in [6, 6.07) is 14.5. The van der Waals surface area contributed by atoms with E-state index >= 15 is 0 Å². The summed E-state index contributed by atoms with van der Waals surface area (Å²) in [5.74, 6) is 1.63. The Kier molecular flexibility index (Phi) is 7.93. The van der Waals surface area contributed by atoms with E-state index in [2.05, 4.69) is 22.0 Å². The number of halogens is 1. The standard InChI is InChI=1S/C22H27FN4OS/c1-2-24-22(25-12-5-13-29-18-10-8-17(23)9-11-18)26-15-16-14-21(28)27-20-7-4-3-6-19(16)20/h3-4,6-11,16H,2,5,12-15H2,1H3,(H,27,28)(H2,24,25,26). The Morgan fingerprint density at radius 2 is 2.00 bits per heavy atom. The topological polar surface area (TPSA) is 65.5 Å². The van der Waals surface area contributed by atoms with Gasteiger partial charge in [0.05, 0.1) is 6.54 Å². The molecule has 0 spiro atoms. The van der Waals surface area contributed by atoms with Gasteiger partial charge in [0, 0.05) is 36.0 Å². The van der Waals surface area contributed by atoms with E-state index in [4.69, 9.17) is 4.99 Å². The summed E-state index contributed by atoms with van der Waals surface area (Å²) in [6.45, 7) is 4.16. The minimum atomic E-state index is -0.208. The third-order valence-corrected chi connectivity index (χ3v) is 5.71. The van der Waals surface area contributed by atoms with Gasteiger partial charge in [-0.25, -0.2) is 4.39 Å². The van der Waals surface area contributed by atoms with Gasteiger partial charge < -0.3 is 16.0 Å². The molecule has 3 rings (SSSR count). The zero-order valence-corrected chi connectivity index (χ0v) is 17.4. The molecule has 154 valence electrons. The number of carbonyl (C=O) groups excluding carboxylic acids is 1. The Morgan fingerprint density at radius 1 is 1.21 bits per heavy atom. The SMILES string of the molecule is CCNC(=NCC1CC(=O)Nc2ccccc21)NCCCSc1ccc(F)cc1. The summed E-state index contributed by atoms with van der Waals surface area (Å²) < 4.78 is 12.9. The van der Waals surface area contributed by atoms with Gasteiger partial charge in [0.15, 0.2) is 5.96 Å². The third kappa shape index (κ3) is 6.49. The van der Waals surface area contributed by atoms with Crippen LogP contribution in [0.25, 0.3) is 0 Å². The van der Waals surface area contributed by atoms with Crippen LogP contribution in [0.2, 0.25) is 0 Å². The number of hydrogen-bond acceptors (Lipinski definition) is 3. The van der Waals surface area contributed by atoms with E-state index in [1.54, 1.807) is 23.9 Å². The molecule has 0 aliphatic carbocycles. The monoisotopic (exact) mass is 414 g/mol. The van der Waals surface area contributed by atoms with E-state index < -0.39 is 0 Å². The fraction of sp³-hybridized carbons (Fsp3) is 0.364. The van der Waals surface area contributed by atoms with Crippen molar-refractivity contribution in [2.45, 2.75) is 30.6 Å². The number of nitrogens with one attached hydrogen (secondary N) is 3. The minimum Gasteiger partial charge on any atom is -0.357 e. The number of amides is 1. The first-order chi connectivity index (χ1) is 14.2. The van der Waals surface area contributed by atoms with Crippen LogP contribution in [0.3, 0.4) is 0 Å². The second-order valence-electron chi connectivity index (χ2n) is 6.84. The van der Waals surface area contributed by atoms with Crippen LogP contribution in [-0.2, 0) is 4.79 Å². The Balaban J connectivity index is 1.48. The van der Waals surface area contributed by atoms with Crippen molar-refractivity contribution in [1.82, 2.24) is 10.6 Å². The summed E-state index contributed by atoms with van der Waals surface area (Å²) in [5.41, 5.74) is 2.03.